The summed E-state index contributed by atoms with van der Waals surface area (Å²) in [6, 6.07) is 6.24. The molecule has 3 unspecified atom stereocenters. The summed E-state index contributed by atoms with van der Waals surface area (Å²) in [4.78, 5) is 7.26. The highest BCUT2D eigenvalue weighted by Gasteiger charge is 2.40. The lowest BCUT2D eigenvalue weighted by molar-refractivity contribution is -0.0509. The number of aliphatic imine (C=N–C) groups is 1. The molecule has 3 atom stereocenters. The molecule has 1 aromatic heterocycles. The Morgan fingerprint density at radius 2 is 2.04 bits per heavy atom. The lowest BCUT2D eigenvalue weighted by Crippen LogP contribution is -2.47. The summed E-state index contributed by atoms with van der Waals surface area (Å²) in [5, 5.41) is 8.95. The van der Waals surface area contributed by atoms with Gasteiger partial charge in [-0.25, -0.2) is 0 Å². The third kappa shape index (κ3) is 2.95. The fourth-order valence-electron chi connectivity index (χ4n) is 4.70. The van der Waals surface area contributed by atoms with Gasteiger partial charge in [0.05, 0.1) is 23.4 Å². The van der Waals surface area contributed by atoms with Crippen LogP contribution in [0, 0.1) is 0 Å². The van der Waals surface area contributed by atoms with Crippen LogP contribution in [-0.2, 0) is 4.74 Å². The molecule has 4 aliphatic rings. The summed E-state index contributed by atoms with van der Waals surface area (Å²) >= 11 is 0. The molecule has 1 aromatic carbocycles. The topological polar surface area (TPSA) is 62.7 Å². The quantitative estimate of drug-likeness (QED) is 0.884. The summed E-state index contributed by atoms with van der Waals surface area (Å²) in [6.07, 6.45) is 10.5. The van der Waals surface area contributed by atoms with Crippen molar-refractivity contribution in [2.24, 2.45) is 4.99 Å². The maximum atomic E-state index is 6.17. The Balaban J connectivity index is 1.26. The molecule has 2 saturated heterocycles. The van der Waals surface area contributed by atoms with Gasteiger partial charge in [-0.15, -0.1) is 0 Å². The summed E-state index contributed by atoms with van der Waals surface area (Å²) in [5.74, 6) is 0.932. The Kier molecular flexibility index (Phi) is 3.68. The van der Waals surface area contributed by atoms with Crippen LogP contribution >= 0.6 is 0 Å². The van der Waals surface area contributed by atoms with E-state index in [4.69, 9.17) is 14.5 Å². The Bertz CT molecular complexity index is 962. The monoisotopic (exact) mass is 378 g/mol. The number of aromatic nitrogens is 2. The minimum atomic E-state index is 0.0229. The number of aromatic amines is 1. The Labute approximate surface area is 164 Å². The van der Waals surface area contributed by atoms with E-state index in [1.165, 1.54) is 18.4 Å². The first-order chi connectivity index (χ1) is 13.7. The highest BCUT2D eigenvalue weighted by Crippen LogP contribution is 2.41. The molecule has 3 fully saturated rings. The van der Waals surface area contributed by atoms with Crippen LogP contribution in [-0.4, -0.2) is 58.4 Å². The number of ether oxygens (including phenoxy) is 2. The van der Waals surface area contributed by atoms with Crippen molar-refractivity contribution in [3.8, 4) is 5.75 Å². The molecule has 0 spiro atoms. The number of H-pyrrole nitrogens is 1. The zero-order valence-corrected chi connectivity index (χ0v) is 16.2. The molecular weight excluding hydrogens is 352 g/mol. The number of nitrogens with zero attached hydrogens (tertiary/aromatic N) is 3. The van der Waals surface area contributed by atoms with Crippen LogP contribution in [0.2, 0.25) is 0 Å². The van der Waals surface area contributed by atoms with Crippen molar-refractivity contribution in [3.05, 3.63) is 30.0 Å². The first-order valence-corrected chi connectivity index (χ1v) is 10.4. The van der Waals surface area contributed by atoms with E-state index < -0.39 is 0 Å². The second-order valence-corrected chi connectivity index (χ2v) is 8.92. The number of allylic oxidation sites excluding steroid dienone is 1. The number of rotatable bonds is 4. The zero-order valence-electron chi connectivity index (χ0n) is 16.2. The van der Waals surface area contributed by atoms with Crippen LogP contribution in [0.25, 0.3) is 16.5 Å². The van der Waals surface area contributed by atoms with E-state index in [-0.39, 0.29) is 11.8 Å². The highest BCUT2D eigenvalue weighted by molar-refractivity contribution is 5.96. The minimum Gasteiger partial charge on any atom is -0.488 e. The Hall–Kier alpha value is -2.18. The van der Waals surface area contributed by atoms with Gasteiger partial charge in [0.2, 0.25) is 0 Å². The van der Waals surface area contributed by atoms with E-state index >= 15 is 0 Å². The molecule has 28 heavy (non-hydrogen) atoms. The fraction of sp³-hybridized carbons (Fsp3) is 0.545. The average molecular weight is 378 g/mol. The first kappa shape index (κ1) is 16.7. The molecule has 146 valence electrons. The van der Waals surface area contributed by atoms with Crippen LogP contribution in [0.5, 0.6) is 5.75 Å². The fourth-order valence-corrected chi connectivity index (χ4v) is 4.70. The summed E-state index contributed by atoms with van der Waals surface area (Å²) in [7, 11) is 0. The standard InChI is InChI=1S/C22H26N4O2/c1-22(7-8-22)28-15-4-5-19-18(11-15)21(25-24-19)14-6-9-23-20(10-14)26-12-16-2-3-17(13-26)27-16/h4-6,9,11,16-17,20H,2-3,7-8,10,12-13H2,1H3,(H,24,25). The summed E-state index contributed by atoms with van der Waals surface area (Å²) in [5.41, 5.74) is 3.33. The lowest BCUT2D eigenvalue weighted by Gasteiger charge is -2.37. The van der Waals surface area contributed by atoms with Gasteiger partial charge in [0.1, 0.15) is 17.5 Å². The molecule has 2 bridgehead atoms. The normalized spacial score (nSPS) is 31.2. The van der Waals surface area contributed by atoms with Crippen LogP contribution < -0.4 is 4.74 Å². The van der Waals surface area contributed by atoms with Crippen molar-refractivity contribution in [2.75, 3.05) is 13.1 Å². The molecule has 6 rings (SSSR count). The maximum absolute atomic E-state index is 6.17. The predicted molar refractivity (Wildman–Crippen MR) is 109 cm³/mol. The second-order valence-electron chi connectivity index (χ2n) is 8.92. The summed E-state index contributed by atoms with van der Waals surface area (Å²) < 4.78 is 12.2. The van der Waals surface area contributed by atoms with Crippen molar-refractivity contribution in [3.63, 3.8) is 0 Å². The maximum Gasteiger partial charge on any atom is 0.120 e. The largest absolute Gasteiger partial charge is 0.488 e. The van der Waals surface area contributed by atoms with E-state index in [2.05, 4.69) is 40.2 Å². The SMILES string of the molecule is CC1(Oc2ccc3[nH]nc(C4=CC=NC(N5CC6CCC(C5)O6)C4)c3c2)CC1. The first-order valence-electron chi connectivity index (χ1n) is 10.4. The van der Waals surface area contributed by atoms with E-state index in [9.17, 15) is 0 Å². The van der Waals surface area contributed by atoms with Crippen molar-refractivity contribution >= 4 is 22.7 Å². The molecule has 2 aromatic rings. The zero-order chi connectivity index (χ0) is 18.7. The van der Waals surface area contributed by atoms with Crippen LogP contribution in [0.3, 0.4) is 0 Å². The van der Waals surface area contributed by atoms with Gasteiger partial charge in [-0.1, -0.05) is 0 Å². The van der Waals surface area contributed by atoms with Crippen molar-refractivity contribution in [1.82, 2.24) is 15.1 Å². The van der Waals surface area contributed by atoms with Gasteiger partial charge in [0.15, 0.2) is 0 Å². The van der Waals surface area contributed by atoms with Gasteiger partial charge >= 0.3 is 0 Å². The van der Waals surface area contributed by atoms with Gasteiger partial charge in [-0.05, 0) is 62.5 Å². The Morgan fingerprint density at radius 3 is 2.82 bits per heavy atom. The van der Waals surface area contributed by atoms with Crippen LogP contribution in [0.15, 0.2) is 29.3 Å². The van der Waals surface area contributed by atoms with Gasteiger partial charge in [-0.3, -0.25) is 15.0 Å². The molecule has 1 saturated carbocycles. The Morgan fingerprint density at radius 1 is 1.21 bits per heavy atom. The number of nitrogens with one attached hydrogen (secondary N) is 1. The number of fused-ring (bicyclic) bond motifs is 3. The minimum absolute atomic E-state index is 0.0229. The molecule has 0 radical (unpaired) electrons. The molecule has 6 nitrogen and oxygen atoms in total. The van der Waals surface area contributed by atoms with Crippen molar-refractivity contribution in [2.45, 2.75) is 63.0 Å². The number of likely N-dealkylation sites (tertiary alicyclic amines) is 1. The number of hydrogen-bond acceptors (Lipinski definition) is 5. The van der Waals surface area contributed by atoms with Crippen LogP contribution in [0.1, 0.15) is 44.7 Å². The highest BCUT2D eigenvalue weighted by atomic mass is 16.5. The van der Waals surface area contributed by atoms with Gasteiger partial charge in [0, 0.05) is 31.1 Å². The smallest absolute Gasteiger partial charge is 0.120 e. The number of dihydropyridines is 1. The third-order valence-electron chi connectivity index (χ3n) is 6.59. The van der Waals surface area contributed by atoms with E-state index in [1.807, 2.05) is 12.3 Å². The molecule has 4 heterocycles. The van der Waals surface area contributed by atoms with Crippen LogP contribution in [0.4, 0.5) is 0 Å². The molecule has 1 N–H and O–H groups in total. The number of benzene rings is 1. The molecule has 3 aliphatic heterocycles. The average Bonchev–Trinajstić information content (AvgIpc) is 3.14. The van der Waals surface area contributed by atoms with Gasteiger partial charge in [-0.2, -0.15) is 5.10 Å². The van der Waals surface area contributed by atoms with Crippen molar-refractivity contribution < 1.29 is 9.47 Å². The molecular formula is C22H26N4O2. The van der Waals surface area contributed by atoms with Gasteiger partial charge in [0.25, 0.3) is 0 Å². The molecule has 0 amide bonds. The van der Waals surface area contributed by atoms with E-state index in [0.717, 1.165) is 54.7 Å². The van der Waals surface area contributed by atoms with E-state index in [1.54, 1.807) is 0 Å². The third-order valence-corrected chi connectivity index (χ3v) is 6.59. The molecule has 6 heteroatoms. The number of morpholine rings is 1. The van der Waals surface area contributed by atoms with Crippen molar-refractivity contribution in [1.29, 1.82) is 0 Å². The van der Waals surface area contributed by atoms with E-state index in [0.29, 0.717) is 12.2 Å². The number of hydrogen-bond donors (Lipinski definition) is 1. The van der Waals surface area contributed by atoms with Gasteiger partial charge < -0.3 is 9.47 Å². The molecule has 1 aliphatic carbocycles. The summed E-state index contributed by atoms with van der Waals surface area (Å²) in [6.45, 7) is 4.15. The second kappa shape index (κ2) is 6.16. The lowest BCUT2D eigenvalue weighted by atomic mass is 10.0. The predicted octanol–water partition coefficient (Wildman–Crippen LogP) is 3.54.